The van der Waals surface area contributed by atoms with E-state index in [0.717, 1.165) is 5.69 Å². The van der Waals surface area contributed by atoms with Gasteiger partial charge in [-0.3, -0.25) is 4.79 Å². The Morgan fingerprint density at radius 1 is 1.38 bits per heavy atom. The van der Waals surface area contributed by atoms with Crippen LogP contribution in [-0.2, 0) is 7.05 Å². The van der Waals surface area contributed by atoms with Crippen LogP contribution in [0.2, 0.25) is 0 Å². The summed E-state index contributed by atoms with van der Waals surface area (Å²) >= 11 is 0. The van der Waals surface area contributed by atoms with Crippen molar-refractivity contribution in [2.45, 2.75) is 19.9 Å². The number of benzene rings is 1. The number of amides is 1. The van der Waals surface area contributed by atoms with Gasteiger partial charge in [0.15, 0.2) is 11.6 Å². The lowest BCUT2D eigenvalue weighted by Gasteiger charge is -2.15. The number of hydrogen-bond acceptors (Lipinski definition) is 2. The number of ether oxygens (including phenoxy) is 1. The number of carbonyl (C=O) groups excluding carboxylic acids is 1. The van der Waals surface area contributed by atoms with E-state index in [1.54, 1.807) is 18.2 Å². The average molecular weight is 290 g/mol. The highest BCUT2D eigenvalue weighted by Gasteiger charge is 2.16. The Morgan fingerprint density at radius 2 is 2.10 bits per heavy atom. The molecule has 1 heterocycles. The molecule has 0 aliphatic heterocycles. The predicted octanol–water partition coefficient (Wildman–Crippen LogP) is 2.97. The zero-order chi connectivity index (χ0) is 15.6. The molecule has 0 unspecified atom stereocenters. The minimum atomic E-state index is -0.438. The van der Waals surface area contributed by atoms with Crippen molar-refractivity contribution in [3.8, 4) is 5.75 Å². The number of aromatic nitrogens is 1. The number of methoxy groups -OCH3 is 1. The first-order chi connectivity index (χ1) is 9.93. The van der Waals surface area contributed by atoms with Crippen LogP contribution in [0.3, 0.4) is 0 Å². The lowest BCUT2D eigenvalue weighted by Crippen LogP contribution is -2.27. The van der Waals surface area contributed by atoms with Gasteiger partial charge >= 0.3 is 0 Å². The summed E-state index contributed by atoms with van der Waals surface area (Å²) in [5, 5.41) is 2.87. The molecule has 5 heteroatoms. The number of carbonyl (C=O) groups is 1. The van der Waals surface area contributed by atoms with Crippen molar-refractivity contribution >= 4 is 5.91 Å². The van der Waals surface area contributed by atoms with Gasteiger partial charge in [-0.15, -0.1) is 0 Å². The Balaban J connectivity index is 2.14. The second kappa shape index (κ2) is 5.99. The molecule has 4 nitrogen and oxygen atoms in total. The lowest BCUT2D eigenvalue weighted by molar-refractivity contribution is 0.0939. The van der Waals surface area contributed by atoms with Crippen molar-refractivity contribution in [2.24, 2.45) is 7.05 Å². The first-order valence-electron chi connectivity index (χ1n) is 6.70. The van der Waals surface area contributed by atoms with E-state index in [4.69, 9.17) is 4.74 Å². The molecule has 0 saturated heterocycles. The minimum Gasteiger partial charge on any atom is -0.494 e. The topological polar surface area (TPSA) is 43.3 Å². The Hall–Kier alpha value is -2.30. The fourth-order valence-corrected chi connectivity index (χ4v) is 2.16. The molecular weight excluding hydrogens is 271 g/mol. The molecule has 0 aliphatic rings. The third-order valence-corrected chi connectivity index (χ3v) is 3.65. The molecule has 21 heavy (non-hydrogen) atoms. The smallest absolute Gasteiger partial charge is 0.253 e. The molecule has 1 amide bonds. The molecule has 0 aliphatic carbocycles. The average Bonchev–Trinajstić information content (AvgIpc) is 2.78. The summed E-state index contributed by atoms with van der Waals surface area (Å²) in [7, 11) is 3.30. The highest BCUT2D eigenvalue weighted by atomic mass is 19.1. The zero-order valence-corrected chi connectivity index (χ0v) is 12.6. The monoisotopic (exact) mass is 290 g/mol. The molecule has 0 saturated carbocycles. The van der Waals surface area contributed by atoms with Crippen LogP contribution >= 0.6 is 0 Å². The second-order valence-electron chi connectivity index (χ2n) is 5.01. The summed E-state index contributed by atoms with van der Waals surface area (Å²) in [6.45, 7) is 3.70. The van der Waals surface area contributed by atoms with Crippen molar-refractivity contribution in [3.05, 3.63) is 53.1 Å². The van der Waals surface area contributed by atoms with Crippen molar-refractivity contribution in [1.82, 2.24) is 9.88 Å². The van der Waals surface area contributed by atoms with Crippen LogP contribution in [0.25, 0.3) is 0 Å². The van der Waals surface area contributed by atoms with Crippen molar-refractivity contribution < 1.29 is 13.9 Å². The normalized spacial score (nSPS) is 12.0. The summed E-state index contributed by atoms with van der Waals surface area (Å²) in [6, 6.07) is 6.15. The number of hydrogen-bond donors (Lipinski definition) is 1. The van der Waals surface area contributed by atoms with Crippen molar-refractivity contribution in [3.63, 3.8) is 0 Å². The Bertz CT molecular complexity index is 664. The SMILES string of the molecule is COc1ccc([C@@H](C)NC(=O)c2ccn(C)c2C)cc1F. The predicted molar refractivity (Wildman–Crippen MR) is 79.0 cm³/mol. The van der Waals surface area contributed by atoms with Crippen LogP contribution in [0, 0.1) is 12.7 Å². The summed E-state index contributed by atoms with van der Waals surface area (Å²) in [5.74, 6) is -0.417. The van der Waals surface area contributed by atoms with E-state index in [1.165, 1.54) is 13.2 Å². The van der Waals surface area contributed by atoms with E-state index in [-0.39, 0.29) is 17.7 Å². The van der Waals surface area contributed by atoms with Gasteiger partial charge in [-0.05, 0) is 37.6 Å². The van der Waals surface area contributed by atoms with Crippen LogP contribution in [0.1, 0.15) is 34.6 Å². The summed E-state index contributed by atoms with van der Waals surface area (Å²) < 4.78 is 20.5. The van der Waals surface area contributed by atoms with E-state index in [2.05, 4.69) is 5.32 Å². The fraction of sp³-hybridized carbons (Fsp3) is 0.312. The molecule has 0 fully saturated rings. The van der Waals surface area contributed by atoms with Gasteiger partial charge in [0.1, 0.15) is 0 Å². The van der Waals surface area contributed by atoms with Crippen LogP contribution in [0.15, 0.2) is 30.5 Å². The van der Waals surface area contributed by atoms with E-state index in [9.17, 15) is 9.18 Å². The van der Waals surface area contributed by atoms with Crippen molar-refractivity contribution in [1.29, 1.82) is 0 Å². The van der Waals surface area contributed by atoms with Gasteiger partial charge < -0.3 is 14.6 Å². The Morgan fingerprint density at radius 3 is 2.62 bits per heavy atom. The van der Waals surface area contributed by atoms with Gasteiger partial charge in [0, 0.05) is 18.9 Å². The van der Waals surface area contributed by atoms with Crippen molar-refractivity contribution in [2.75, 3.05) is 7.11 Å². The maximum atomic E-state index is 13.7. The summed E-state index contributed by atoms with van der Waals surface area (Å²) in [6.07, 6.45) is 1.84. The third-order valence-electron chi connectivity index (χ3n) is 3.65. The number of halogens is 1. The Labute approximate surface area is 123 Å². The first-order valence-corrected chi connectivity index (χ1v) is 6.70. The van der Waals surface area contributed by atoms with Gasteiger partial charge in [-0.1, -0.05) is 6.07 Å². The molecule has 1 aromatic carbocycles. The first kappa shape index (κ1) is 15.1. The molecule has 0 bridgehead atoms. The minimum absolute atomic E-state index is 0.170. The van der Waals surface area contributed by atoms with Gasteiger partial charge in [0.2, 0.25) is 0 Å². The molecular formula is C16H19FN2O2. The highest BCUT2D eigenvalue weighted by Crippen LogP contribution is 2.22. The third kappa shape index (κ3) is 3.07. The molecule has 112 valence electrons. The molecule has 1 N–H and O–H groups in total. The summed E-state index contributed by atoms with van der Waals surface area (Å²) in [4.78, 5) is 12.2. The number of nitrogens with one attached hydrogen (secondary N) is 1. The maximum Gasteiger partial charge on any atom is 0.253 e. The molecule has 0 spiro atoms. The van der Waals surface area contributed by atoms with Crippen LogP contribution < -0.4 is 10.1 Å². The second-order valence-corrected chi connectivity index (χ2v) is 5.01. The maximum absolute atomic E-state index is 13.7. The van der Waals surface area contributed by atoms with E-state index in [0.29, 0.717) is 11.1 Å². The van der Waals surface area contributed by atoms with Gasteiger partial charge in [0.05, 0.1) is 18.7 Å². The van der Waals surface area contributed by atoms with Gasteiger partial charge in [-0.25, -0.2) is 4.39 Å². The quantitative estimate of drug-likeness (QED) is 0.940. The standard InChI is InChI=1S/C16H19FN2O2/c1-10(12-5-6-15(21-4)14(17)9-12)18-16(20)13-7-8-19(3)11(13)2/h5-10H,1-4H3,(H,18,20)/t10-/m1/s1. The van der Waals surface area contributed by atoms with E-state index >= 15 is 0 Å². The molecule has 1 aromatic heterocycles. The van der Waals surface area contributed by atoms with Gasteiger partial charge in [0.25, 0.3) is 5.91 Å². The number of nitrogens with zero attached hydrogens (tertiary/aromatic N) is 1. The van der Waals surface area contributed by atoms with E-state index in [1.807, 2.05) is 31.7 Å². The number of rotatable bonds is 4. The molecule has 0 radical (unpaired) electrons. The van der Waals surface area contributed by atoms with Crippen LogP contribution in [-0.4, -0.2) is 17.6 Å². The summed E-state index contributed by atoms with van der Waals surface area (Å²) in [5.41, 5.74) is 2.20. The van der Waals surface area contributed by atoms with E-state index < -0.39 is 5.82 Å². The molecule has 1 atom stereocenters. The fourth-order valence-electron chi connectivity index (χ4n) is 2.16. The van der Waals surface area contributed by atoms with Gasteiger partial charge in [-0.2, -0.15) is 0 Å². The molecule has 2 rings (SSSR count). The van der Waals surface area contributed by atoms with Crippen LogP contribution in [0.4, 0.5) is 4.39 Å². The number of aryl methyl sites for hydroxylation is 1. The lowest BCUT2D eigenvalue weighted by atomic mass is 10.1. The Kier molecular flexibility index (Phi) is 4.31. The highest BCUT2D eigenvalue weighted by molar-refractivity contribution is 5.95. The zero-order valence-electron chi connectivity index (χ0n) is 12.6. The largest absolute Gasteiger partial charge is 0.494 e. The molecule has 2 aromatic rings. The van der Waals surface area contributed by atoms with Crippen LogP contribution in [0.5, 0.6) is 5.75 Å².